The van der Waals surface area contributed by atoms with E-state index in [1.165, 1.54) is 56.9 Å². The van der Waals surface area contributed by atoms with Gasteiger partial charge in [0.1, 0.15) is 0 Å². The lowest BCUT2D eigenvalue weighted by molar-refractivity contribution is 0.545. The molecule has 0 aliphatic rings. The van der Waals surface area contributed by atoms with Crippen LogP contribution in [-0.4, -0.2) is 5.88 Å². The molecule has 1 unspecified atom stereocenters. The van der Waals surface area contributed by atoms with Gasteiger partial charge in [-0.1, -0.05) is 88.1 Å². The molecule has 0 radical (unpaired) electrons. The van der Waals surface area contributed by atoms with Crippen molar-refractivity contribution in [3.63, 3.8) is 0 Å². The zero-order chi connectivity index (χ0) is 14.6. The third-order valence-electron chi connectivity index (χ3n) is 3.94. The zero-order valence-electron chi connectivity index (χ0n) is 12.7. The predicted octanol–water partition coefficient (Wildman–Crippen LogP) is 7.19. The third-order valence-corrected chi connectivity index (χ3v) is 4.65. The fourth-order valence-corrected chi connectivity index (χ4v) is 3.26. The summed E-state index contributed by atoms with van der Waals surface area (Å²) >= 11 is 12.4. The van der Waals surface area contributed by atoms with Crippen molar-refractivity contribution in [1.82, 2.24) is 0 Å². The Hall–Kier alpha value is -0.200. The highest BCUT2D eigenvalue weighted by Crippen LogP contribution is 2.29. The number of benzene rings is 1. The minimum Gasteiger partial charge on any atom is -0.126 e. The van der Waals surface area contributed by atoms with Crippen LogP contribution in [0.1, 0.15) is 76.2 Å². The van der Waals surface area contributed by atoms with Crippen LogP contribution in [0.25, 0.3) is 0 Å². The van der Waals surface area contributed by atoms with Gasteiger partial charge in [0, 0.05) is 10.9 Å². The molecule has 0 aromatic heterocycles. The van der Waals surface area contributed by atoms with Crippen LogP contribution in [-0.2, 0) is 0 Å². The van der Waals surface area contributed by atoms with E-state index < -0.39 is 0 Å². The molecule has 114 valence electrons. The summed E-state index contributed by atoms with van der Waals surface area (Å²) in [6.45, 7) is 2.26. The van der Waals surface area contributed by atoms with Crippen LogP contribution in [0.2, 0.25) is 5.02 Å². The summed E-state index contributed by atoms with van der Waals surface area (Å²) in [5, 5.41) is 0.859. The molecule has 1 aromatic rings. The molecule has 20 heavy (non-hydrogen) atoms. The summed E-state index contributed by atoms with van der Waals surface area (Å²) in [6.07, 6.45) is 12.0. The van der Waals surface area contributed by atoms with Crippen LogP contribution >= 0.6 is 23.2 Å². The van der Waals surface area contributed by atoms with E-state index in [0.29, 0.717) is 11.8 Å². The molecule has 0 spiro atoms. The van der Waals surface area contributed by atoms with Gasteiger partial charge in [0.2, 0.25) is 0 Å². The number of unbranched alkanes of at least 4 members (excludes halogenated alkanes) is 7. The van der Waals surface area contributed by atoms with Gasteiger partial charge < -0.3 is 0 Å². The van der Waals surface area contributed by atoms with Crippen LogP contribution in [0, 0.1) is 0 Å². The highest BCUT2D eigenvalue weighted by molar-refractivity contribution is 6.31. The van der Waals surface area contributed by atoms with Gasteiger partial charge in [-0.25, -0.2) is 0 Å². The first-order chi connectivity index (χ1) is 9.79. The van der Waals surface area contributed by atoms with Crippen molar-refractivity contribution in [3.8, 4) is 0 Å². The smallest absolute Gasteiger partial charge is 0.0441 e. The Balaban J connectivity index is 2.18. The van der Waals surface area contributed by atoms with E-state index in [1.807, 2.05) is 12.1 Å². The Labute approximate surface area is 134 Å². The molecule has 0 N–H and O–H groups in total. The number of hydrogen-bond acceptors (Lipinski definition) is 0. The molecule has 1 rings (SSSR count). The second-order valence-corrected chi connectivity index (χ2v) is 6.35. The molecule has 1 atom stereocenters. The average molecular weight is 315 g/mol. The maximum atomic E-state index is 6.25. The summed E-state index contributed by atoms with van der Waals surface area (Å²) in [7, 11) is 0. The lowest BCUT2D eigenvalue weighted by atomic mass is 9.94. The summed E-state index contributed by atoms with van der Waals surface area (Å²) in [6, 6.07) is 8.10. The van der Waals surface area contributed by atoms with Crippen molar-refractivity contribution in [2.45, 2.75) is 70.6 Å². The van der Waals surface area contributed by atoms with E-state index in [9.17, 15) is 0 Å². The molecule has 0 saturated carbocycles. The molecule has 0 nitrogen and oxygen atoms in total. The second-order valence-electron chi connectivity index (χ2n) is 5.64. The van der Waals surface area contributed by atoms with Crippen molar-refractivity contribution in [2.75, 3.05) is 5.88 Å². The van der Waals surface area contributed by atoms with E-state index in [4.69, 9.17) is 23.2 Å². The Morgan fingerprint density at radius 1 is 0.900 bits per heavy atom. The molecule has 0 bridgehead atoms. The lowest BCUT2D eigenvalue weighted by Gasteiger charge is -2.15. The van der Waals surface area contributed by atoms with Crippen LogP contribution in [0.3, 0.4) is 0 Å². The highest BCUT2D eigenvalue weighted by Gasteiger charge is 2.12. The van der Waals surface area contributed by atoms with E-state index >= 15 is 0 Å². The number of hydrogen-bond donors (Lipinski definition) is 0. The second kappa shape index (κ2) is 11.5. The number of halogens is 2. The van der Waals surface area contributed by atoms with Crippen LogP contribution in [0.5, 0.6) is 0 Å². The number of rotatable bonds is 11. The van der Waals surface area contributed by atoms with E-state index in [2.05, 4.69) is 19.1 Å². The molecule has 0 saturated heterocycles. The summed E-state index contributed by atoms with van der Waals surface area (Å²) in [5.74, 6) is 1.07. The Morgan fingerprint density at radius 2 is 1.50 bits per heavy atom. The standard InChI is InChI=1S/C18H28Cl2/c1-2-3-4-5-6-7-8-9-12-16(15-19)17-13-10-11-14-18(17)20/h10-11,13-14,16H,2-9,12,15H2,1H3. The van der Waals surface area contributed by atoms with Crippen molar-refractivity contribution in [2.24, 2.45) is 0 Å². The van der Waals surface area contributed by atoms with Gasteiger partial charge in [-0.05, 0) is 24.0 Å². The van der Waals surface area contributed by atoms with Crippen molar-refractivity contribution >= 4 is 23.2 Å². The van der Waals surface area contributed by atoms with Gasteiger partial charge in [0.25, 0.3) is 0 Å². The maximum absolute atomic E-state index is 6.25. The first kappa shape index (κ1) is 17.9. The van der Waals surface area contributed by atoms with Crippen LogP contribution in [0.4, 0.5) is 0 Å². The van der Waals surface area contributed by atoms with Gasteiger partial charge >= 0.3 is 0 Å². The summed E-state index contributed by atoms with van der Waals surface area (Å²) < 4.78 is 0. The van der Waals surface area contributed by atoms with Crippen LogP contribution in [0.15, 0.2) is 24.3 Å². The molecular weight excluding hydrogens is 287 g/mol. The fourth-order valence-electron chi connectivity index (χ4n) is 2.65. The van der Waals surface area contributed by atoms with E-state index in [0.717, 1.165) is 11.4 Å². The maximum Gasteiger partial charge on any atom is 0.0441 e. The van der Waals surface area contributed by atoms with Gasteiger partial charge in [-0.3, -0.25) is 0 Å². The quantitative estimate of drug-likeness (QED) is 0.299. The molecule has 0 amide bonds. The molecule has 0 aliphatic carbocycles. The fraction of sp³-hybridized carbons (Fsp3) is 0.667. The van der Waals surface area contributed by atoms with Gasteiger partial charge in [0.15, 0.2) is 0 Å². The predicted molar refractivity (Wildman–Crippen MR) is 92.1 cm³/mol. The molecular formula is C18H28Cl2. The van der Waals surface area contributed by atoms with E-state index in [1.54, 1.807) is 0 Å². The topological polar surface area (TPSA) is 0 Å². The van der Waals surface area contributed by atoms with Crippen molar-refractivity contribution in [3.05, 3.63) is 34.9 Å². The lowest BCUT2D eigenvalue weighted by Crippen LogP contribution is -2.01. The average Bonchev–Trinajstić information content (AvgIpc) is 2.47. The molecule has 1 aromatic carbocycles. The van der Waals surface area contributed by atoms with Gasteiger partial charge in [-0.15, -0.1) is 11.6 Å². The minimum absolute atomic E-state index is 0.408. The van der Waals surface area contributed by atoms with Crippen molar-refractivity contribution < 1.29 is 0 Å². The number of alkyl halides is 1. The summed E-state index contributed by atoms with van der Waals surface area (Å²) in [4.78, 5) is 0. The Kier molecular flexibility index (Phi) is 10.2. The normalized spacial score (nSPS) is 12.6. The van der Waals surface area contributed by atoms with Gasteiger partial charge in [-0.2, -0.15) is 0 Å². The zero-order valence-corrected chi connectivity index (χ0v) is 14.2. The Bertz CT molecular complexity index is 349. The molecule has 2 heteroatoms. The van der Waals surface area contributed by atoms with Gasteiger partial charge in [0.05, 0.1) is 0 Å². The Morgan fingerprint density at radius 3 is 2.10 bits per heavy atom. The monoisotopic (exact) mass is 314 g/mol. The van der Waals surface area contributed by atoms with Crippen molar-refractivity contribution in [1.29, 1.82) is 0 Å². The molecule has 0 aliphatic heterocycles. The highest BCUT2D eigenvalue weighted by atomic mass is 35.5. The summed E-state index contributed by atoms with van der Waals surface area (Å²) in [5.41, 5.74) is 1.21. The van der Waals surface area contributed by atoms with Crippen LogP contribution < -0.4 is 0 Å². The largest absolute Gasteiger partial charge is 0.126 e. The molecule has 0 fully saturated rings. The SMILES string of the molecule is CCCCCCCCCCC(CCl)c1ccccc1Cl. The molecule has 0 heterocycles. The van der Waals surface area contributed by atoms with E-state index in [-0.39, 0.29) is 0 Å². The minimum atomic E-state index is 0.408. The first-order valence-electron chi connectivity index (χ1n) is 8.10. The first-order valence-corrected chi connectivity index (χ1v) is 9.01. The third kappa shape index (κ3) is 6.99.